The third-order valence-electron chi connectivity index (χ3n) is 11.0. The number of imidazole rings is 1. The summed E-state index contributed by atoms with van der Waals surface area (Å²) < 4.78 is 13.0. The molecule has 1 aromatic carbocycles. The molecule has 2 rings (SSSR count). The van der Waals surface area contributed by atoms with Gasteiger partial charge in [-0.3, -0.25) is 24.5 Å². The molecule has 13 nitrogen and oxygen atoms in total. The maximum atomic E-state index is 13.9. The average molecular weight is 894 g/mol. The van der Waals surface area contributed by atoms with E-state index in [0.717, 1.165) is 48.3 Å². The van der Waals surface area contributed by atoms with E-state index in [4.69, 9.17) is 9.47 Å². The number of carbonyl (C=O) groups excluding carboxylic acids is 4. The second kappa shape index (κ2) is 28.9. The number of ether oxygens (including phenoxy) is 2. The topological polar surface area (TPSA) is 178 Å². The average Bonchev–Trinajstić information content (AvgIpc) is 3.58. The van der Waals surface area contributed by atoms with Crippen molar-refractivity contribution in [1.82, 2.24) is 25.5 Å². The fourth-order valence-electron chi connectivity index (χ4n) is 7.15. The van der Waals surface area contributed by atoms with Crippen LogP contribution in [0, 0.1) is 11.3 Å². The minimum atomic E-state index is -1.50. The molecule has 14 heteroatoms. The maximum Gasteiger partial charge on any atom is 0.326 e. The lowest BCUT2D eigenvalue weighted by molar-refractivity contribution is -0.172. The number of carbonyl (C=O) groups is 5. The number of aryl methyl sites for hydroxylation is 1. The van der Waals surface area contributed by atoms with Crippen LogP contribution in [0.15, 0.2) is 71.5 Å². The van der Waals surface area contributed by atoms with Gasteiger partial charge in [-0.25, -0.2) is 9.78 Å². The Kier molecular flexibility index (Phi) is 25.0. The predicted octanol–water partition coefficient (Wildman–Crippen LogP) is 7.83. The fourth-order valence-corrected chi connectivity index (χ4v) is 7.62. The van der Waals surface area contributed by atoms with E-state index in [1.54, 1.807) is 20.0 Å². The van der Waals surface area contributed by atoms with Crippen LogP contribution in [-0.4, -0.2) is 87.7 Å². The summed E-state index contributed by atoms with van der Waals surface area (Å²) in [6, 6.07) is 6.48. The van der Waals surface area contributed by atoms with Crippen molar-refractivity contribution < 1.29 is 38.6 Å². The molecule has 0 aliphatic heterocycles. The molecule has 1 heterocycles. The molecule has 0 fully saturated rings. The largest absolute Gasteiger partial charge is 0.480 e. The molecule has 0 aliphatic carbocycles. The number of benzene rings is 1. The van der Waals surface area contributed by atoms with E-state index in [-0.39, 0.29) is 57.3 Å². The first-order valence-corrected chi connectivity index (χ1v) is 23.8. The zero-order valence-corrected chi connectivity index (χ0v) is 40.3. The lowest BCUT2D eigenvalue weighted by Gasteiger charge is -2.28. The van der Waals surface area contributed by atoms with Crippen molar-refractivity contribution in [2.45, 2.75) is 144 Å². The van der Waals surface area contributed by atoms with E-state index < -0.39 is 47.4 Å². The molecule has 0 saturated carbocycles. The third kappa shape index (κ3) is 18.9. The Bertz CT molecular complexity index is 1830. The number of aliphatic carboxylic acids is 1. The van der Waals surface area contributed by atoms with Gasteiger partial charge in [0.2, 0.25) is 11.8 Å². The second-order valence-corrected chi connectivity index (χ2v) is 17.8. The Morgan fingerprint density at radius 1 is 0.873 bits per heavy atom. The van der Waals surface area contributed by atoms with Crippen molar-refractivity contribution in [2.24, 2.45) is 18.4 Å². The number of rotatable bonds is 30. The van der Waals surface area contributed by atoms with E-state index >= 15 is 0 Å². The monoisotopic (exact) mass is 894 g/mol. The van der Waals surface area contributed by atoms with Gasteiger partial charge in [0.25, 0.3) is 0 Å². The Labute approximate surface area is 380 Å². The quantitative estimate of drug-likeness (QED) is 0.0342. The molecule has 4 N–H and O–H groups in total. The Hall–Kier alpha value is -4.69. The summed E-state index contributed by atoms with van der Waals surface area (Å²) in [5.74, 6) is -2.14. The lowest BCUT2D eigenvalue weighted by atomic mass is 9.78. The highest BCUT2D eigenvalue weighted by Crippen LogP contribution is 2.34. The van der Waals surface area contributed by atoms with Crippen molar-refractivity contribution in [3.63, 3.8) is 0 Å². The number of hydrogen-bond donors (Lipinski definition) is 4. The number of nitrogens with zero attached hydrogens (tertiary/aromatic N) is 2. The first-order valence-electron chi connectivity index (χ1n) is 22.4. The number of thioether (sulfide) groups is 1. The Balaban J connectivity index is 2.21. The molecule has 0 unspecified atom stereocenters. The zero-order valence-electron chi connectivity index (χ0n) is 39.5. The van der Waals surface area contributed by atoms with Gasteiger partial charge in [0.05, 0.1) is 24.9 Å². The van der Waals surface area contributed by atoms with Gasteiger partial charge in [-0.15, -0.1) is 0 Å². The van der Waals surface area contributed by atoms with Crippen LogP contribution >= 0.6 is 11.8 Å². The Morgan fingerprint density at radius 2 is 1.48 bits per heavy atom. The summed E-state index contributed by atoms with van der Waals surface area (Å²) in [6.07, 6.45) is 15.5. The molecule has 1 aromatic heterocycles. The maximum absolute atomic E-state index is 13.9. The number of carboxylic acid groups (broad SMARTS) is 1. The molecule has 0 radical (unpaired) electrons. The summed E-state index contributed by atoms with van der Waals surface area (Å²) >= 11 is 1.49. The third-order valence-corrected chi connectivity index (χ3v) is 11.7. The van der Waals surface area contributed by atoms with Gasteiger partial charge in [-0.2, -0.15) is 11.8 Å². The highest BCUT2D eigenvalue weighted by molar-refractivity contribution is 7.98. The molecule has 0 bridgehead atoms. The summed E-state index contributed by atoms with van der Waals surface area (Å²) in [5.41, 5.74) is 3.86. The van der Waals surface area contributed by atoms with Gasteiger partial charge >= 0.3 is 17.9 Å². The first-order chi connectivity index (χ1) is 30.0. The van der Waals surface area contributed by atoms with Crippen molar-refractivity contribution in [1.29, 1.82) is 0 Å². The number of hydrogen-bond acceptors (Lipinski definition) is 10. The highest BCUT2D eigenvalue weighted by Gasteiger charge is 2.47. The molecule has 0 saturated heterocycles. The first kappa shape index (κ1) is 54.4. The molecule has 2 amide bonds. The van der Waals surface area contributed by atoms with E-state index in [0.29, 0.717) is 18.6 Å². The van der Waals surface area contributed by atoms with E-state index in [1.807, 2.05) is 75.0 Å². The van der Waals surface area contributed by atoms with Gasteiger partial charge in [-0.1, -0.05) is 79.1 Å². The molecular formula is C49H75N5O8S. The van der Waals surface area contributed by atoms with Crippen molar-refractivity contribution in [3.8, 4) is 0 Å². The van der Waals surface area contributed by atoms with Crippen LogP contribution in [0.25, 0.3) is 0 Å². The second-order valence-electron chi connectivity index (χ2n) is 16.8. The number of aromatic nitrogens is 2. The van der Waals surface area contributed by atoms with Gasteiger partial charge in [0.1, 0.15) is 17.9 Å². The van der Waals surface area contributed by atoms with Gasteiger partial charge in [0, 0.05) is 32.6 Å². The Morgan fingerprint density at radius 3 is 2.05 bits per heavy atom. The smallest absolute Gasteiger partial charge is 0.326 e. The van der Waals surface area contributed by atoms with Crippen LogP contribution in [0.3, 0.4) is 0 Å². The number of allylic oxidation sites excluding steroid dienone is 6. The molecule has 2 aromatic rings. The molecular weight excluding hydrogens is 819 g/mol. The van der Waals surface area contributed by atoms with Crippen LogP contribution in [0.1, 0.15) is 124 Å². The van der Waals surface area contributed by atoms with Crippen LogP contribution < -0.4 is 16.0 Å². The zero-order chi connectivity index (χ0) is 47.0. The van der Waals surface area contributed by atoms with Crippen LogP contribution in [-0.2, 0) is 59.9 Å². The standard InChI is InChI=1S/C49H75N5O8S/c1-11-61-47(59)49(48(60)62-12-2,29-26-37(8)22-17-21-36(7)20-16-19-34(3)4)28-18-25-42-50-32-39(54(42)9)33-51-43(35(5)6)45(56)53-41(31-38-23-14-13-15-24-38)44(55)52-40(46(57)58)27-30-63-10/h13-15,19,21,23-24,26,32,35,40-41,43,51H,11-12,16-18,20,22,25,27-31,33H2,1-10H3,(H,52,55)(H,53,56)(H,57,58)/b36-21+,37-26+/t40-,41-,43-/m0/s1. The number of carboxylic acids is 1. The van der Waals surface area contributed by atoms with Crippen molar-refractivity contribution >= 4 is 41.5 Å². The van der Waals surface area contributed by atoms with Crippen LogP contribution in [0.5, 0.6) is 0 Å². The number of esters is 2. The minimum Gasteiger partial charge on any atom is -0.480 e. The minimum absolute atomic E-state index is 0.134. The van der Waals surface area contributed by atoms with Crippen LogP contribution in [0.2, 0.25) is 0 Å². The fraction of sp³-hybridized carbons (Fsp3) is 0.592. The van der Waals surface area contributed by atoms with E-state index in [9.17, 15) is 29.1 Å². The SMILES string of the molecule is CCOC(=O)C(C/C=C(\C)CC/C=C(\C)CCC=C(C)C)(CCCc1ncc(CN[C@H](C(=O)N[C@@H](Cc2ccccc2)C(=O)N[C@@H](CCSC)C(=O)O)C(C)C)n1C)C(=O)OCC. The van der Waals surface area contributed by atoms with Gasteiger partial charge in [0.15, 0.2) is 5.41 Å². The number of amides is 2. The lowest BCUT2D eigenvalue weighted by Crippen LogP contribution is -2.56. The molecule has 63 heavy (non-hydrogen) atoms. The van der Waals surface area contributed by atoms with Gasteiger partial charge < -0.3 is 29.8 Å². The van der Waals surface area contributed by atoms with Gasteiger partial charge in [-0.05, 0) is 116 Å². The highest BCUT2D eigenvalue weighted by atomic mass is 32.2. The summed E-state index contributed by atoms with van der Waals surface area (Å²) in [4.78, 5) is 71.3. The normalized spacial score (nSPS) is 13.5. The molecule has 3 atom stereocenters. The van der Waals surface area contributed by atoms with E-state index in [1.165, 1.54) is 22.9 Å². The number of nitrogens with one attached hydrogen (secondary N) is 3. The van der Waals surface area contributed by atoms with Crippen molar-refractivity contribution in [2.75, 3.05) is 25.2 Å². The summed E-state index contributed by atoms with van der Waals surface area (Å²) in [5, 5.41) is 18.7. The summed E-state index contributed by atoms with van der Waals surface area (Å²) in [6.45, 7) is 16.2. The van der Waals surface area contributed by atoms with Crippen LogP contribution in [0.4, 0.5) is 0 Å². The van der Waals surface area contributed by atoms with E-state index in [2.05, 4.69) is 53.9 Å². The molecule has 0 spiro atoms. The molecule has 0 aliphatic rings. The van der Waals surface area contributed by atoms with Crippen molar-refractivity contribution in [3.05, 3.63) is 88.6 Å². The molecule has 350 valence electrons. The predicted molar refractivity (Wildman–Crippen MR) is 252 cm³/mol. The summed E-state index contributed by atoms with van der Waals surface area (Å²) in [7, 11) is 1.88.